The lowest BCUT2D eigenvalue weighted by atomic mass is 9.93. The van der Waals surface area contributed by atoms with E-state index in [1.807, 2.05) is 11.8 Å². The Morgan fingerprint density at radius 1 is 1.22 bits per heavy atom. The largest absolute Gasteiger partial charge is 0.330 e. The van der Waals surface area contributed by atoms with Crippen LogP contribution in [0.2, 0.25) is 0 Å². The molecule has 0 bridgehead atoms. The summed E-state index contributed by atoms with van der Waals surface area (Å²) in [6.45, 7) is 10.7. The predicted molar refractivity (Wildman–Crippen MR) is 82.1 cm³/mol. The fourth-order valence-corrected chi connectivity index (χ4v) is 2.76. The van der Waals surface area contributed by atoms with Crippen LogP contribution in [-0.2, 0) is 0 Å². The maximum Gasteiger partial charge on any atom is 0.0108 e. The molecule has 3 heteroatoms. The summed E-state index contributed by atoms with van der Waals surface area (Å²) in [5.41, 5.74) is 6.01. The Labute approximate surface area is 116 Å². The summed E-state index contributed by atoms with van der Waals surface area (Å²) < 4.78 is 0. The molecule has 0 aliphatic heterocycles. The molecule has 0 heterocycles. The zero-order valence-corrected chi connectivity index (χ0v) is 12.7. The highest BCUT2D eigenvalue weighted by Gasteiger charge is 2.18. The molecule has 0 aromatic heterocycles. The monoisotopic (exact) mass is 266 g/mol. The summed E-state index contributed by atoms with van der Waals surface area (Å²) in [5.74, 6) is 1.14. The van der Waals surface area contributed by atoms with Gasteiger partial charge in [-0.2, -0.15) is 0 Å². The molecular formula is C15H26N2S. The van der Waals surface area contributed by atoms with Crippen LogP contribution in [0, 0.1) is 5.41 Å². The number of hydrogen-bond acceptors (Lipinski definition) is 3. The molecule has 0 aliphatic carbocycles. The molecule has 0 aliphatic rings. The Morgan fingerprint density at radius 3 is 2.44 bits per heavy atom. The minimum absolute atomic E-state index is 0.216. The van der Waals surface area contributed by atoms with Gasteiger partial charge in [0, 0.05) is 23.7 Å². The molecule has 18 heavy (non-hydrogen) atoms. The molecule has 0 spiro atoms. The van der Waals surface area contributed by atoms with Crippen LogP contribution < -0.4 is 5.73 Å². The molecule has 1 rings (SSSR count). The Morgan fingerprint density at radius 2 is 1.89 bits per heavy atom. The third-order valence-electron chi connectivity index (χ3n) is 3.07. The van der Waals surface area contributed by atoms with Crippen LogP contribution in [0.3, 0.4) is 0 Å². The van der Waals surface area contributed by atoms with Crippen LogP contribution in [0.1, 0.15) is 20.8 Å². The molecule has 0 saturated carbocycles. The van der Waals surface area contributed by atoms with Crippen molar-refractivity contribution >= 4 is 11.8 Å². The first-order valence-corrected chi connectivity index (χ1v) is 7.66. The van der Waals surface area contributed by atoms with Gasteiger partial charge in [-0.05, 0) is 30.6 Å². The van der Waals surface area contributed by atoms with Crippen LogP contribution in [0.15, 0.2) is 35.2 Å². The Kier molecular flexibility index (Phi) is 6.76. The average molecular weight is 266 g/mol. The van der Waals surface area contributed by atoms with Crippen LogP contribution in [0.4, 0.5) is 0 Å². The maximum atomic E-state index is 5.80. The number of benzene rings is 1. The molecule has 0 saturated heterocycles. The molecule has 2 N–H and O–H groups in total. The first kappa shape index (κ1) is 15.5. The minimum atomic E-state index is 0.216. The second kappa shape index (κ2) is 7.82. The van der Waals surface area contributed by atoms with E-state index in [1.54, 1.807) is 0 Å². The van der Waals surface area contributed by atoms with Gasteiger partial charge in [0.25, 0.3) is 0 Å². The predicted octanol–water partition coefficient (Wildman–Crippen LogP) is 3.09. The van der Waals surface area contributed by atoms with Crippen molar-refractivity contribution in [1.82, 2.24) is 4.90 Å². The standard InChI is InChI=1S/C15H26N2S/c1-4-17(13-15(2,3)12-16)10-11-18-14-8-6-5-7-9-14/h5-9H,4,10-13,16H2,1-3H3. The van der Waals surface area contributed by atoms with E-state index in [4.69, 9.17) is 5.73 Å². The zero-order chi connectivity index (χ0) is 13.4. The number of thioether (sulfide) groups is 1. The van der Waals surface area contributed by atoms with Gasteiger partial charge in [-0.15, -0.1) is 11.8 Å². The van der Waals surface area contributed by atoms with Gasteiger partial charge in [0.15, 0.2) is 0 Å². The zero-order valence-electron chi connectivity index (χ0n) is 11.9. The lowest BCUT2D eigenvalue weighted by molar-refractivity contribution is 0.199. The number of hydrogen-bond donors (Lipinski definition) is 1. The Balaban J connectivity index is 2.32. The molecular weight excluding hydrogens is 240 g/mol. The highest BCUT2D eigenvalue weighted by Crippen LogP contribution is 2.19. The third kappa shape index (κ3) is 5.89. The number of nitrogens with zero attached hydrogens (tertiary/aromatic N) is 1. The summed E-state index contributed by atoms with van der Waals surface area (Å²) in [7, 11) is 0. The SMILES string of the molecule is CCN(CCSc1ccccc1)CC(C)(C)CN. The van der Waals surface area contributed by atoms with Crippen molar-refractivity contribution < 1.29 is 0 Å². The third-order valence-corrected chi connectivity index (χ3v) is 4.06. The lowest BCUT2D eigenvalue weighted by Crippen LogP contribution is -2.39. The van der Waals surface area contributed by atoms with Crippen LogP contribution >= 0.6 is 11.8 Å². The summed E-state index contributed by atoms with van der Waals surface area (Å²) in [4.78, 5) is 3.84. The summed E-state index contributed by atoms with van der Waals surface area (Å²) in [6, 6.07) is 10.6. The van der Waals surface area contributed by atoms with Gasteiger partial charge in [-0.25, -0.2) is 0 Å². The smallest absolute Gasteiger partial charge is 0.0108 e. The molecule has 102 valence electrons. The highest BCUT2D eigenvalue weighted by atomic mass is 32.2. The van der Waals surface area contributed by atoms with Gasteiger partial charge in [0.05, 0.1) is 0 Å². The van der Waals surface area contributed by atoms with E-state index >= 15 is 0 Å². The lowest BCUT2D eigenvalue weighted by Gasteiger charge is -2.30. The first-order valence-electron chi connectivity index (χ1n) is 6.67. The molecule has 0 amide bonds. The molecule has 1 aromatic rings. The van der Waals surface area contributed by atoms with Crippen molar-refractivity contribution in [2.75, 3.05) is 31.9 Å². The van der Waals surface area contributed by atoms with Crippen molar-refractivity contribution in [1.29, 1.82) is 0 Å². The quantitative estimate of drug-likeness (QED) is 0.733. The van der Waals surface area contributed by atoms with Gasteiger partial charge < -0.3 is 10.6 Å². The average Bonchev–Trinajstić information content (AvgIpc) is 2.38. The Hall–Kier alpha value is -0.510. The fourth-order valence-electron chi connectivity index (χ4n) is 1.83. The van der Waals surface area contributed by atoms with Crippen LogP contribution in [0.25, 0.3) is 0 Å². The molecule has 0 atom stereocenters. The molecule has 0 radical (unpaired) electrons. The molecule has 2 nitrogen and oxygen atoms in total. The van der Waals surface area contributed by atoms with Gasteiger partial charge in [0.2, 0.25) is 0 Å². The van der Waals surface area contributed by atoms with Gasteiger partial charge >= 0.3 is 0 Å². The van der Waals surface area contributed by atoms with E-state index in [1.165, 1.54) is 4.90 Å². The second-order valence-electron chi connectivity index (χ2n) is 5.40. The normalized spacial score (nSPS) is 12.1. The van der Waals surface area contributed by atoms with E-state index in [0.29, 0.717) is 0 Å². The number of rotatable bonds is 8. The van der Waals surface area contributed by atoms with Crippen molar-refractivity contribution in [3.8, 4) is 0 Å². The highest BCUT2D eigenvalue weighted by molar-refractivity contribution is 7.99. The van der Waals surface area contributed by atoms with Crippen LogP contribution in [0.5, 0.6) is 0 Å². The van der Waals surface area contributed by atoms with Crippen LogP contribution in [-0.4, -0.2) is 36.8 Å². The van der Waals surface area contributed by atoms with E-state index in [-0.39, 0.29) is 5.41 Å². The maximum absolute atomic E-state index is 5.80. The topological polar surface area (TPSA) is 29.3 Å². The van der Waals surface area contributed by atoms with E-state index in [2.05, 4.69) is 56.0 Å². The van der Waals surface area contributed by atoms with Gasteiger partial charge in [0.1, 0.15) is 0 Å². The van der Waals surface area contributed by atoms with Crippen molar-refractivity contribution in [2.24, 2.45) is 11.1 Å². The van der Waals surface area contributed by atoms with Gasteiger partial charge in [-0.1, -0.05) is 39.0 Å². The van der Waals surface area contributed by atoms with E-state index < -0.39 is 0 Å². The van der Waals surface area contributed by atoms with E-state index in [0.717, 1.165) is 31.9 Å². The Bertz CT molecular complexity index is 325. The summed E-state index contributed by atoms with van der Waals surface area (Å²) >= 11 is 1.92. The van der Waals surface area contributed by atoms with Gasteiger partial charge in [-0.3, -0.25) is 0 Å². The van der Waals surface area contributed by atoms with E-state index in [9.17, 15) is 0 Å². The summed E-state index contributed by atoms with van der Waals surface area (Å²) in [5, 5.41) is 0. The van der Waals surface area contributed by atoms with Crippen molar-refractivity contribution in [3.63, 3.8) is 0 Å². The molecule has 0 fully saturated rings. The fraction of sp³-hybridized carbons (Fsp3) is 0.600. The number of nitrogens with two attached hydrogens (primary N) is 1. The molecule has 0 unspecified atom stereocenters. The van der Waals surface area contributed by atoms with Crippen molar-refractivity contribution in [3.05, 3.63) is 30.3 Å². The summed E-state index contributed by atoms with van der Waals surface area (Å²) in [6.07, 6.45) is 0. The van der Waals surface area contributed by atoms with Crippen molar-refractivity contribution in [2.45, 2.75) is 25.7 Å². The minimum Gasteiger partial charge on any atom is -0.330 e. The molecule has 1 aromatic carbocycles. The first-order chi connectivity index (χ1) is 8.57. The second-order valence-corrected chi connectivity index (χ2v) is 6.57.